The summed E-state index contributed by atoms with van der Waals surface area (Å²) in [5.74, 6) is 0. The fourth-order valence-electron chi connectivity index (χ4n) is 1.75. The number of halogens is 1. The van der Waals surface area contributed by atoms with E-state index >= 15 is 0 Å². The molecular formula is C10H13FN2O5S2. The van der Waals surface area contributed by atoms with Gasteiger partial charge in [0.1, 0.15) is 4.90 Å². The Labute approximate surface area is 116 Å². The van der Waals surface area contributed by atoms with E-state index in [1.54, 1.807) is 0 Å². The molecule has 0 amide bonds. The van der Waals surface area contributed by atoms with Gasteiger partial charge in [-0.05, 0) is 12.1 Å². The van der Waals surface area contributed by atoms with E-state index in [4.69, 9.17) is 4.74 Å². The van der Waals surface area contributed by atoms with E-state index in [0.29, 0.717) is 0 Å². The van der Waals surface area contributed by atoms with Crippen LogP contribution >= 0.6 is 0 Å². The molecule has 1 saturated heterocycles. The summed E-state index contributed by atoms with van der Waals surface area (Å²) in [5.41, 5.74) is -0.318. The lowest BCUT2D eigenvalue weighted by Crippen LogP contribution is -2.43. The van der Waals surface area contributed by atoms with Crippen molar-refractivity contribution in [1.29, 1.82) is 0 Å². The van der Waals surface area contributed by atoms with Gasteiger partial charge < -0.3 is 4.74 Å². The van der Waals surface area contributed by atoms with Crippen molar-refractivity contribution >= 4 is 26.1 Å². The maximum atomic E-state index is 13.1. The van der Waals surface area contributed by atoms with Crippen LogP contribution in [0.3, 0.4) is 0 Å². The molecule has 1 heterocycles. The third-order valence-electron chi connectivity index (χ3n) is 2.70. The van der Waals surface area contributed by atoms with Crippen LogP contribution < -0.4 is 4.72 Å². The molecule has 1 aromatic carbocycles. The van der Waals surface area contributed by atoms with Gasteiger partial charge in [0.2, 0.25) is 0 Å². The van der Waals surface area contributed by atoms with Gasteiger partial charge in [-0.2, -0.15) is 21.1 Å². The van der Waals surface area contributed by atoms with Crippen LogP contribution in [0.15, 0.2) is 29.2 Å². The molecule has 1 N–H and O–H groups in total. The van der Waals surface area contributed by atoms with E-state index in [-0.39, 0.29) is 32.0 Å². The van der Waals surface area contributed by atoms with Crippen LogP contribution in [0.4, 0.5) is 9.57 Å². The first-order valence-corrected chi connectivity index (χ1v) is 8.52. The lowest BCUT2D eigenvalue weighted by molar-refractivity contribution is 0.0733. The fourth-order valence-corrected chi connectivity index (χ4v) is 3.66. The van der Waals surface area contributed by atoms with Crippen LogP contribution in [0.5, 0.6) is 0 Å². The van der Waals surface area contributed by atoms with E-state index in [1.165, 1.54) is 18.2 Å². The Morgan fingerprint density at radius 2 is 1.70 bits per heavy atom. The quantitative estimate of drug-likeness (QED) is 0.806. The summed E-state index contributed by atoms with van der Waals surface area (Å²) in [6.45, 7) is 0.813. The Morgan fingerprint density at radius 1 is 1.10 bits per heavy atom. The Bertz CT molecular complexity index is 683. The molecule has 20 heavy (non-hydrogen) atoms. The van der Waals surface area contributed by atoms with E-state index in [1.807, 2.05) is 0 Å². The number of anilines is 1. The maximum Gasteiger partial charge on any atom is 0.334 e. The summed E-state index contributed by atoms with van der Waals surface area (Å²) < 4.78 is 67.4. The number of morpholine rings is 1. The lowest BCUT2D eigenvalue weighted by atomic mass is 10.3. The minimum absolute atomic E-state index is 0.153. The number of nitrogens with zero attached hydrogens (tertiary/aromatic N) is 1. The molecule has 2 rings (SSSR count). The van der Waals surface area contributed by atoms with Gasteiger partial charge >= 0.3 is 20.4 Å². The highest BCUT2D eigenvalue weighted by Crippen LogP contribution is 2.24. The molecule has 0 saturated carbocycles. The highest BCUT2D eigenvalue weighted by atomic mass is 32.3. The molecule has 0 aromatic heterocycles. The normalized spacial score (nSPS) is 17.9. The largest absolute Gasteiger partial charge is 0.379 e. The predicted octanol–water partition coefficient (Wildman–Crippen LogP) is 0.334. The highest BCUT2D eigenvalue weighted by Gasteiger charge is 2.26. The fraction of sp³-hybridized carbons (Fsp3) is 0.400. The summed E-state index contributed by atoms with van der Waals surface area (Å²) in [6.07, 6.45) is 0. The van der Waals surface area contributed by atoms with Crippen LogP contribution in [-0.2, 0) is 25.2 Å². The molecule has 10 heteroatoms. The number of nitrogens with one attached hydrogen (secondary N) is 1. The first kappa shape index (κ1) is 15.2. The van der Waals surface area contributed by atoms with Crippen LogP contribution in [-0.4, -0.2) is 47.4 Å². The molecule has 0 atom stereocenters. The molecule has 0 bridgehead atoms. The highest BCUT2D eigenvalue weighted by molar-refractivity contribution is 7.90. The third-order valence-corrected chi connectivity index (χ3v) is 5.10. The summed E-state index contributed by atoms with van der Waals surface area (Å²) in [6, 6.07) is 4.89. The van der Waals surface area contributed by atoms with Crippen LogP contribution in [0, 0.1) is 0 Å². The zero-order chi connectivity index (χ0) is 14.8. The van der Waals surface area contributed by atoms with Crippen molar-refractivity contribution in [2.45, 2.75) is 4.90 Å². The Balaban J connectivity index is 2.30. The van der Waals surface area contributed by atoms with Gasteiger partial charge in [0, 0.05) is 13.1 Å². The lowest BCUT2D eigenvalue weighted by Gasteiger charge is -2.26. The first-order valence-electron chi connectivity index (χ1n) is 5.70. The Kier molecular flexibility index (Phi) is 4.28. The minimum atomic E-state index is -5.01. The topological polar surface area (TPSA) is 92.8 Å². The molecule has 0 unspecified atom stereocenters. The molecule has 7 nitrogen and oxygen atoms in total. The minimum Gasteiger partial charge on any atom is -0.379 e. The van der Waals surface area contributed by atoms with Gasteiger partial charge in [0.05, 0.1) is 18.9 Å². The van der Waals surface area contributed by atoms with Crippen molar-refractivity contribution < 1.29 is 25.5 Å². The van der Waals surface area contributed by atoms with Gasteiger partial charge in [0.15, 0.2) is 0 Å². The zero-order valence-corrected chi connectivity index (χ0v) is 12.0. The monoisotopic (exact) mass is 324 g/mol. The van der Waals surface area contributed by atoms with Crippen molar-refractivity contribution in [2.24, 2.45) is 0 Å². The molecule has 0 spiro atoms. The van der Waals surface area contributed by atoms with E-state index in [9.17, 15) is 20.7 Å². The molecule has 1 aromatic rings. The molecule has 0 aliphatic carbocycles. The van der Waals surface area contributed by atoms with E-state index < -0.39 is 25.3 Å². The van der Waals surface area contributed by atoms with E-state index in [2.05, 4.69) is 4.72 Å². The molecule has 1 fully saturated rings. The number of para-hydroxylation sites is 1. The van der Waals surface area contributed by atoms with Crippen molar-refractivity contribution in [3.63, 3.8) is 0 Å². The average molecular weight is 324 g/mol. The van der Waals surface area contributed by atoms with Gasteiger partial charge in [0.25, 0.3) is 0 Å². The van der Waals surface area contributed by atoms with Crippen molar-refractivity contribution in [2.75, 3.05) is 31.0 Å². The second kappa shape index (κ2) is 5.64. The smallest absolute Gasteiger partial charge is 0.334 e. The van der Waals surface area contributed by atoms with Crippen molar-refractivity contribution in [3.8, 4) is 0 Å². The molecule has 1 aliphatic rings. The number of hydrogen-bond donors (Lipinski definition) is 1. The number of ether oxygens (including phenoxy) is 1. The van der Waals surface area contributed by atoms with Crippen LogP contribution in [0.2, 0.25) is 0 Å². The second-order valence-corrected chi connectivity index (χ2v) is 7.04. The number of benzene rings is 1. The van der Waals surface area contributed by atoms with Gasteiger partial charge in [-0.1, -0.05) is 12.1 Å². The third kappa shape index (κ3) is 3.45. The standard InChI is InChI=1S/C10H13FN2O5S2/c11-19(14,15)10-4-2-1-3-9(10)12-20(16,17)13-5-7-18-8-6-13/h1-4,12H,5-8H2. The van der Waals surface area contributed by atoms with Gasteiger partial charge in [-0.3, -0.25) is 4.72 Å². The molecular weight excluding hydrogens is 311 g/mol. The average Bonchev–Trinajstić information content (AvgIpc) is 2.39. The summed E-state index contributed by atoms with van der Waals surface area (Å²) in [4.78, 5) is -0.711. The Morgan fingerprint density at radius 3 is 2.30 bits per heavy atom. The van der Waals surface area contributed by atoms with Crippen molar-refractivity contribution in [3.05, 3.63) is 24.3 Å². The Hall–Kier alpha value is -1.23. The van der Waals surface area contributed by atoms with Gasteiger partial charge in [-0.15, -0.1) is 3.89 Å². The SMILES string of the molecule is O=S(=O)(F)c1ccccc1NS(=O)(=O)N1CCOCC1. The maximum absolute atomic E-state index is 13.1. The molecule has 0 radical (unpaired) electrons. The first-order chi connectivity index (χ1) is 9.31. The molecule has 112 valence electrons. The predicted molar refractivity (Wildman–Crippen MR) is 69.7 cm³/mol. The van der Waals surface area contributed by atoms with Crippen LogP contribution in [0.1, 0.15) is 0 Å². The molecule has 1 aliphatic heterocycles. The van der Waals surface area contributed by atoms with Crippen LogP contribution in [0.25, 0.3) is 0 Å². The second-order valence-electron chi connectivity index (χ2n) is 4.05. The number of rotatable bonds is 4. The summed E-state index contributed by atoms with van der Waals surface area (Å²) >= 11 is 0. The number of hydrogen-bond acceptors (Lipinski definition) is 5. The summed E-state index contributed by atoms with van der Waals surface area (Å²) in [7, 11) is -8.95. The summed E-state index contributed by atoms with van der Waals surface area (Å²) in [5, 5.41) is 0. The zero-order valence-electron chi connectivity index (χ0n) is 10.3. The van der Waals surface area contributed by atoms with E-state index in [0.717, 1.165) is 10.4 Å². The van der Waals surface area contributed by atoms with Crippen molar-refractivity contribution in [1.82, 2.24) is 4.31 Å². The van der Waals surface area contributed by atoms with Gasteiger partial charge in [-0.25, -0.2) is 0 Å².